The van der Waals surface area contributed by atoms with Gasteiger partial charge in [0.05, 0.1) is 18.5 Å². The van der Waals surface area contributed by atoms with Gasteiger partial charge in [0.25, 0.3) is 5.91 Å². The van der Waals surface area contributed by atoms with E-state index in [2.05, 4.69) is 37.5 Å². The Morgan fingerprint density at radius 3 is 2.63 bits per heavy atom. The van der Waals surface area contributed by atoms with Crippen molar-refractivity contribution in [3.05, 3.63) is 48.0 Å². The third-order valence-electron chi connectivity index (χ3n) is 7.38. The van der Waals surface area contributed by atoms with Crippen molar-refractivity contribution in [1.82, 2.24) is 10.2 Å². The summed E-state index contributed by atoms with van der Waals surface area (Å²) in [6, 6.07) is 13.8. The van der Waals surface area contributed by atoms with Crippen LogP contribution in [0.15, 0.2) is 42.5 Å². The SMILES string of the molecule is COc1ccc(N2CCN(CCCNC(=O)c3ccc4c(c3)NC(=O)C3CCCCN43)CC2)cc1. The van der Waals surface area contributed by atoms with Crippen molar-refractivity contribution in [3.63, 3.8) is 0 Å². The minimum Gasteiger partial charge on any atom is -0.497 e. The zero-order chi connectivity index (χ0) is 24.2. The molecule has 0 bridgehead atoms. The molecule has 2 saturated heterocycles. The molecule has 2 fully saturated rings. The van der Waals surface area contributed by atoms with Crippen LogP contribution < -0.4 is 25.2 Å². The topological polar surface area (TPSA) is 77.1 Å². The molecule has 0 aliphatic carbocycles. The lowest BCUT2D eigenvalue weighted by Crippen LogP contribution is -2.50. The summed E-state index contributed by atoms with van der Waals surface area (Å²) in [6.45, 7) is 6.52. The number of hydrogen-bond donors (Lipinski definition) is 2. The Morgan fingerprint density at radius 1 is 1.06 bits per heavy atom. The van der Waals surface area contributed by atoms with Crippen LogP contribution in [-0.4, -0.2) is 75.7 Å². The maximum Gasteiger partial charge on any atom is 0.251 e. The van der Waals surface area contributed by atoms with E-state index in [4.69, 9.17) is 4.74 Å². The monoisotopic (exact) mass is 477 g/mol. The highest BCUT2D eigenvalue weighted by Gasteiger charge is 2.34. The minimum absolute atomic E-state index is 0.0434. The molecule has 2 aromatic carbocycles. The van der Waals surface area contributed by atoms with E-state index in [9.17, 15) is 9.59 Å². The fraction of sp³-hybridized carbons (Fsp3) is 0.481. The van der Waals surface area contributed by atoms with Crippen LogP contribution in [0, 0.1) is 0 Å². The van der Waals surface area contributed by atoms with Crippen LogP contribution in [0.2, 0.25) is 0 Å². The summed E-state index contributed by atoms with van der Waals surface area (Å²) in [5.41, 5.74) is 3.59. The van der Waals surface area contributed by atoms with E-state index in [1.54, 1.807) is 7.11 Å². The molecule has 5 rings (SSSR count). The van der Waals surface area contributed by atoms with Gasteiger partial charge in [-0.25, -0.2) is 0 Å². The van der Waals surface area contributed by atoms with Gasteiger partial charge in [0.15, 0.2) is 0 Å². The Bertz CT molecular complexity index is 1050. The van der Waals surface area contributed by atoms with E-state index in [1.165, 1.54) is 5.69 Å². The van der Waals surface area contributed by atoms with Crippen LogP contribution in [0.1, 0.15) is 36.0 Å². The third kappa shape index (κ3) is 5.22. The maximum atomic E-state index is 12.7. The van der Waals surface area contributed by atoms with Crippen LogP contribution in [0.3, 0.4) is 0 Å². The van der Waals surface area contributed by atoms with Gasteiger partial charge in [0, 0.05) is 50.5 Å². The van der Waals surface area contributed by atoms with Gasteiger partial charge in [0.2, 0.25) is 5.91 Å². The highest BCUT2D eigenvalue weighted by Crippen LogP contribution is 2.36. The van der Waals surface area contributed by atoms with Gasteiger partial charge in [-0.1, -0.05) is 0 Å². The molecule has 3 heterocycles. The van der Waals surface area contributed by atoms with Gasteiger partial charge in [-0.2, -0.15) is 0 Å². The van der Waals surface area contributed by atoms with Gasteiger partial charge >= 0.3 is 0 Å². The predicted molar refractivity (Wildman–Crippen MR) is 139 cm³/mol. The van der Waals surface area contributed by atoms with Crippen LogP contribution in [0.4, 0.5) is 17.1 Å². The number of benzene rings is 2. The molecule has 186 valence electrons. The standard InChI is InChI=1S/C27H35N5O3/c1-35-22-9-7-21(8-10-22)31-17-15-30(16-18-31)13-4-12-28-26(33)20-6-11-24-23(19-20)29-27(34)25-5-2-3-14-32(24)25/h6-11,19,25H,2-5,12-18H2,1H3,(H,28,33)(H,29,34). The van der Waals surface area contributed by atoms with Crippen LogP contribution >= 0.6 is 0 Å². The summed E-state index contributed by atoms with van der Waals surface area (Å²) >= 11 is 0. The lowest BCUT2D eigenvalue weighted by atomic mass is 9.97. The van der Waals surface area contributed by atoms with Crippen molar-refractivity contribution in [2.45, 2.75) is 31.7 Å². The number of nitrogens with zero attached hydrogens (tertiary/aromatic N) is 3. The highest BCUT2D eigenvalue weighted by atomic mass is 16.5. The summed E-state index contributed by atoms with van der Waals surface area (Å²) in [7, 11) is 1.69. The van der Waals surface area contributed by atoms with Crippen LogP contribution in [-0.2, 0) is 4.79 Å². The average molecular weight is 478 g/mol. The summed E-state index contributed by atoms with van der Waals surface area (Å²) in [4.78, 5) is 32.3. The van der Waals surface area contributed by atoms with E-state index >= 15 is 0 Å². The fourth-order valence-corrected chi connectivity index (χ4v) is 5.37. The Labute approximate surface area is 207 Å². The Balaban J connectivity index is 1.06. The summed E-state index contributed by atoms with van der Waals surface area (Å²) in [6.07, 6.45) is 3.99. The largest absolute Gasteiger partial charge is 0.497 e. The fourth-order valence-electron chi connectivity index (χ4n) is 5.37. The lowest BCUT2D eigenvalue weighted by molar-refractivity contribution is -0.118. The van der Waals surface area contributed by atoms with Crippen LogP contribution in [0.25, 0.3) is 0 Å². The number of fused-ring (bicyclic) bond motifs is 3. The minimum atomic E-state index is -0.0906. The first-order valence-electron chi connectivity index (χ1n) is 12.7. The Morgan fingerprint density at radius 2 is 1.86 bits per heavy atom. The van der Waals surface area contributed by atoms with Crippen molar-refractivity contribution in [2.75, 3.05) is 68.0 Å². The number of piperazine rings is 1. The molecule has 35 heavy (non-hydrogen) atoms. The predicted octanol–water partition coefficient (Wildman–Crippen LogP) is 2.95. The van der Waals surface area contributed by atoms with E-state index in [1.807, 2.05) is 30.3 Å². The highest BCUT2D eigenvalue weighted by molar-refractivity contribution is 6.05. The molecule has 0 radical (unpaired) electrons. The Kier molecular flexibility index (Phi) is 7.08. The van der Waals surface area contributed by atoms with Gasteiger partial charge in [-0.15, -0.1) is 0 Å². The van der Waals surface area contributed by atoms with E-state index in [-0.39, 0.29) is 17.9 Å². The first-order chi connectivity index (χ1) is 17.1. The van der Waals surface area contributed by atoms with Crippen molar-refractivity contribution >= 4 is 28.9 Å². The number of carbonyl (C=O) groups is 2. The lowest BCUT2D eigenvalue weighted by Gasteiger charge is -2.41. The summed E-state index contributed by atoms with van der Waals surface area (Å²) < 4.78 is 5.25. The Hall–Kier alpha value is -3.26. The van der Waals surface area contributed by atoms with Gasteiger partial charge < -0.3 is 25.2 Å². The molecule has 3 aliphatic heterocycles. The molecule has 0 aromatic heterocycles. The van der Waals surface area contributed by atoms with E-state index in [0.717, 1.165) is 82.1 Å². The molecule has 1 atom stereocenters. The molecule has 8 heteroatoms. The number of hydrogen-bond acceptors (Lipinski definition) is 6. The van der Waals surface area contributed by atoms with Crippen molar-refractivity contribution in [3.8, 4) is 5.75 Å². The van der Waals surface area contributed by atoms with Crippen molar-refractivity contribution < 1.29 is 14.3 Å². The zero-order valence-electron chi connectivity index (χ0n) is 20.5. The number of anilines is 3. The molecule has 8 nitrogen and oxygen atoms in total. The second-order valence-corrected chi connectivity index (χ2v) is 9.56. The molecule has 3 aliphatic rings. The van der Waals surface area contributed by atoms with Crippen molar-refractivity contribution in [2.24, 2.45) is 0 Å². The van der Waals surface area contributed by atoms with Crippen LogP contribution in [0.5, 0.6) is 5.75 Å². The van der Waals surface area contributed by atoms with E-state index in [0.29, 0.717) is 12.1 Å². The number of methoxy groups -OCH3 is 1. The smallest absolute Gasteiger partial charge is 0.251 e. The number of carbonyl (C=O) groups excluding carboxylic acids is 2. The second-order valence-electron chi connectivity index (χ2n) is 9.56. The number of nitrogens with one attached hydrogen (secondary N) is 2. The first-order valence-corrected chi connectivity index (χ1v) is 12.7. The molecule has 2 aromatic rings. The molecule has 1 unspecified atom stereocenters. The van der Waals surface area contributed by atoms with Gasteiger partial charge in [-0.05, 0) is 74.7 Å². The molecular formula is C27H35N5O3. The normalized spacial score (nSPS) is 20.0. The third-order valence-corrected chi connectivity index (χ3v) is 7.38. The van der Waals surface area contributed by atoms with E-state index < -0.39 is 0 Å². The van der Waals surface area contributed by atoms with Gasteiger partial charge in [0.1, 0.15) is 11.8 Å². The number of rotatable bonds is 7. The number of piperidine rings is 1. The van der Waals surface area contributed by atoms with Gasteiger partial charge in [-0.3, -0.25) is 14.5 Å². The first kappa shape index (κ1) is 23.5. The van der Waals surface area contributed by atoms with Crippen molar-refractivity contribution in [1.29, 1.82) is 0 Å². The molecule has 0 spiro atoms. The second kappa shape index (κ2) is 10.6. The molecule has 0 saturated carbocycles. The molecule has 2 amide bonds. The maximum absolute atomic E-state index is 12.7. The molecule has 2 N–H and O–H groups in total. The average Bonchev–Trinajstić information content (AvgIpc) is 2.91. The molecular weight excluding hydrogens is 442 g/mol. The zero-order valence-corrected chi connectivity index (χ0v) is 20.5. The quantitative estimate of drug-likeness (QED) is 0.597. The number of ether oxygens (including phenoxy) is 1. The summed E-state index contributed by atoms with van der Waals surface area (Å²) in [5, 5.41) is 6.05. The number of amides is 2. The summed E-state index contributed by atoms with van der Waals surface area (Å²) in [5.74, 6) is 0.833.